The first kappa shape index (κ1) is 25.2. The van der Waals surface area contributed by atoms with Gasteiger partial charge in [-0.1, -0.05) is 128 Å². The van der Waals surface area contributed by atoms with Crippen LogP contribution in [0.4, 0.5) is 0 Å². The molecule has 0 saturated heterocycles. The molecular formula is C34H32N2O2. The molecule has 0 bridgehead atoms. The van der Waals surface area contributed by atoms with Crippen molar-refractivity contribution in [1.82, 2.24) is 9.55 Å². The number of carbonyl (C=O) groups excluding carboxylic acids is 1. The van der Waals surface area contributed by atoms with Gasteiger partial charge in [0.05, 0.1) is 17.9 Å². The van der Waals surface area contributed by atoms with Crippen LogP contribution in [0.2, 0.25) is 0 Å². The van der Waals surface area contributed by atoms with E-state index in [1.165, 1.54) is 0 Å². The molecule has 4 aromatic carbocycles. The number of carbonyl (C=O) groups is 1. The van der Waals surface area contributed by atoms with Crippen molar-refractivity contribution in [3.63, 3.8) is 0 Å². The number of aromatic nitrogens is 2. The van der Waals surface area contributed by atoms with Gasteiger partial charge in [-0.25, -0.2) is 4.98 Å². The quantitative estimate of drug-likeness (QED) is 0.153. The maximum atomic E-state index is 13.0. The fraction of sp³-hybridized carbons (Fsp3) is 0.176. The molecule has 0 unspecified atom stereocenters. The summed E-state index contributed by atoms with van der Waals surface area (Å²) in [5.74, 6) is -0.451. The van der Waals surface area contributed by atoms with Gasteiger partial charge >= 0.3 is 5.97 Å². The van der Waals surface area contributed by atoms with Gasteiger partial charge in [0, 0.05) is 12.6 Å². The molecule has 0 aliphatic carbocycles. The van der Waals surface area contributed by atoms with Crippen LogP contribution in [-0.4, -0.2) is 15.5 Å². The minimum absolute atomic E-state index is 0.189. The molecule has 38 heavy (non-hydrogen) atoms. The summed E-state index contributed by atoms with van der Waals surface area (Å²) in [6.07, 6.45) is 5.18. The number of hydrogen-bond acceptors (Lipinski definition) is 3. The third-order valence-corrected chi connectivity index (χ3v) is 7.10. The van der Waals surface area contributed by atoms with E-state index in [-0.39, 0.29) is 18.5 Å². The van der Waals surface area contributed by atoms with E-state index >= 15 is 0 Å². The van der Waals surface area contributed by atoms with Crippen LogP contribution < -0.4 is 0 Å². The molecular weight excluding hydrogens is 468 g/mol. The predicted molar refractivity (Wildman–Crippen MR) is 151 cm³/mol. The first-order valence-electron chi connectivity index (χ1n) is 13.1. The van der Waals surface area contributed by atoms with Crippen molar-refractivity contribution >= 4 is 5.97 Å². The summed E-state index contributed by atoms with van der Waals surface area (Å²) in [7, 11) is 0. The zero-order chi connectivity index (χ0) is 26.2. The van der Waals surface area contributed by atoms with Crippen molar-refractivity contribution < 1.29 is 9.53 Å². The average Bonchev–Trinajstić information content (AvgIpc) is 3.46. The van der Waals surface area contributed by atoms with Crippen LogP contribution in [-0.2, 0) is 28.1 Å². The van der Waals surface area contributed by atoms with E-state index in [0.717, 1.165) is 27.9 Å². The monoisotopic (exact) mass is 500 g/mol. The van der Waals surface area contributed by atoms with Crippen LogP contribution in [0.15, 0.2) is 134 Å². The minimum Gasteiger partial charge on any atom is -0.461 e. The summed E-state index contributed by atoms with van der Waals surface area (Å²) in [6, 6.07) is 41.3. The lowest BCUT2D eigenvalue weighted by molar-refractivity contribution is -0.150. The summed E-state index contributed by atoms with van der Waals surface area (Å²) in [5, 5.41) is 0. The van der Waals surface area contributed by atoms with E-state index in [1.54, 1.807) is 0 Å². The Labute approximate surface area is 224 Å². The minimum atomic E-state index is -0.620. The fourth-order valence-electron chi connectivity index (χ4n) is 5.13. The van der Waals surface area contributed by atoms with E-state index < -0.39 is 5.54 Å². The van der Waals surface area contributed by atoms with E-state index in [9.17, 15) is 4.79 Å². The van der Waals surface area contributed by atoms with Crippen LogP contribution in [0.25, 0.3) is 0 Å². The van der Waals surface area contributed by atoms with Crippen molar-refractivity contribution in [2.24, 2.45) is 5.92 Å². The van der Waals surface area contributed by atoms with Crippen molar-refractivity contribution in [2.45, 2.75) is 31.9 Å². The Bertz CT molecular complexity index is 1330. The van der Waals surface area contributed by atoms with Gasteiger partial charge in [-0.15, -0.1) is 0 Å². The molecule has 1 aromatic heterocycles. The molecule has 4 heteroatoms. The smallest absolute Gasteiger partial charge is 0.309 e. The van der Waals surface area contributed by atoms with E-state index in [1.807, 2.05) is 61.8 Å². The summed E-state index contributed by atoms with van der Waals surface area (Å²) < 4.78 is 7.85. The summed E-state index contributed by atoms with van der Waals surface area (Å²) in [5.41, 5.74) is 4.63. The first-order chi connectivity index (χ1) is 18.7. The highest BCUT2D eigenvalue weighted by molar-refractivity contribution is 5.72. The Balaban J connectivity index is 1.50. The largest absolute Gasteiger partial charge is 0.461 e. The van der Waals surface area contributed by atoms with Gasteiger partial charge in [0.2, 0.25) is 0 Å². The second kappa shape index (κ2) is 11.7. The molecule has 0 radical (unpaired) electrons. The molecule has 4 nitrogen and oxygen atoms in total. The molecule has 0 aliphatic heterocycles. The lowest BCUT2D eigenvalue weighted by atomic mass is 9.77. The third-order valence-electron chi connectivity index (χ3n) is 7.10. The Morgan fingerprint density at radius 1 is 0.763 bits per heavy atom. The standard InChI is InChI=1S/C34H32N2O2/c1-2-28(33(37)38-25-27-15-7-3-8-16-27)23-32-24-36(26-35-32)34(29-17-9-4-10-18-29,30-19-11-5-12-20-30)31-21-13-6-14-22-31/h3-22,24,26,28H,2,23,25H2,1H3/t28-/m1/s1. The van der Waals surface area contributed by atoms with Gasteiger partial charge < -0.3 is 9.30 Å². The normalized spacial score (nSPS) is 12.1. The molecule has 5 aromatic rings. The zero-order valence-corrected chi connectivity index (χ0v) is 21.6. The Hall–Kier alpha value is -4.44. The van der Waals surface area contributed by atoms with Crippen molar-refractivity contribution in [3.8, 4) is 0 Å². The van der Waals surface area contributed by atoms with E-state index in [2.05, 4.69) is 83.6 Å². The lowest BCUT2D eigenvalue weighted by Gasteiger charge is -2.37. The van der Waals surface area contributed by atoms with Crippen LogP contribution in [0.1, 0.15) is 41.3 Å². The third kappa shape index (κ3) is 5.16. The number of benzene rings is 4. The van der Waals surface area contributed by atoms with Gasteiger partial charge in [0.1, 0.15) is 12.1 Å². The summed E-state index contributed by atoms with van der Waals surface area (Å²) in [6.45, 7) is 2.30. The van der Waals surface area contributed by atoms with Crippen molar-refractivity contribution in [3.05, 3.63) is 162 Å². The highest BCUT2D eigenvalue weighted by Crippen LogP contribution is 2.40. The second-order valence-electron chi connectivity index (χ2n) is 9.48. The SMILES string of the molecule is CC[C@H](Cc1cn(C(c2ccccc2)(c2ccccc2)c2ccccc2)cn1)C(=O)OCc1ccccc1. The van der Waals surface area contributed by atoms with Crippen molar-refractivity contribution in [2.75, 3.05) is 0 Å². The van der Waals surface area contributed by atoms with Gasteiger partial charge in [0.15, 0.2) is 0 Å². The zero-order valence-electron chi connectivity index (χ0n) is 21.6. The molecule has 0 amide bonds. The van der Waals surface area contributed by atoms with Crippen molar-refractivity contribution in [1.29, 1.82) is 0 Å². The van der Waals surface area contributed by atoms with E-state index in [0.29, 0.717) is 12.8 Å². The number of esters is 1. The highest BCUT2D eigenvalue weighted by Gasteiger charge is 2.38. The summed E-state index contributed by atoms with van der Waals surface area (Å²) >= 11 is 0. The molecule has 0 saturated carbocycles. The molecule has 1 heterocycles. The van der Waals surface area contributed by atoms with Gasteiger partial charge in [-0.05, 0) is 28.7 Å². The molecule has 0 aliphatic rings. The number of hydrogen-bond donors (Lipinski definition) is 0. The fourth-order valence-corrected chi connectivity index (χ4v) is 5.13. The van der Waals surface area contributed by atoms with Gasteiger partial charge in [-0.3, -0.25) is 4.79 Å². The second-order valence-corrected chi connectivity index (χ2v) is 9.48. The van der Waals surface area contributed by atoms with Gasteiger partial charge in [0.25, 0.3) is 0 Å². The van der Waals surface area contributed by atoms with E-state index in [4.69, 9.17) is 9.72 Å². The Kier molecular flexibility index (Phi) is 7.79. The molecule has 0 N–H and O–H groups in total. The number of nitrogens with zero attached hydrogens (tertiary/aromatic N) is 2. The molecule has 190 valence electrons. The van der Waals surface area contributed by atoms with Crippen LogP contribution in [0, 0.1) is 5.92 Å². The van der Waals surface area contributed by atoms with Gasteiger partial charge in [-0.2, -0.15) is 0 Å². The number of rotatable bonds is 10. The summed E-state index contributed by atoms with van der Waals surface area (Å²) in [4.78, 5) is 17.8. The lowest BCUT2D eigenvalue weighted by Crippen LogP contribution is -2.37. The maximum Gasteiger partial charge on any atom is 0.309 e. The first-order valence-corrected chi connectivity index (χ1v) is 13.1. The Morgan fingerprint density at radius 3 is 1.71 bits per heavy atom. The molecule has 0 fully saturated rings. The van der Waals surface area contributed by atoms with Crippen LogP contribution in [0.5, 0.6) is 0 Å². The topological polar surface area (TPSA) is 44.1 Å². The molecule has 1 atom stereocenters. The molecule has 5 rings (SSSR count). The maximum absolute atomic E-state index is 13.0. The van der Waals surface area contributed by atoms with Crippen LogP contribution >= 0.6 is 0 Å². The number of imidazole rings is 1. The number of ether oxygens (including phenoxy) is 1. The Morgan fingerprint density at radius 2 is 1.24 bits per heavy atom. The highest BCUT2D eigenvalue weighted by atomic mass is 16.5. The predicted octanol–water partition coefficient (Wildman–Crippen LogP) is 7.04. The molecule has 0 spiro atoms. The average molecular weight is 501 g/mol. The van der Waals surface area contributed by atoms with Crippen LogP contribution in [0.3, 0.4) is 0 Å².